The fourth-order valence-corrected chi connectivity index (χ4v) is 3.22. The maximum atomic E-state index is 9.00. The third-order valence-corrected chi connectivity index (χ3v) is 4.44. The molecule has 1 aromatic carbocycles. The molecule has 0 aliphatic rings. The highest BCUT2D eigenvalue weighted by atomic mass is 35.5. The molecular formula is C14H17ClN2OS. The van der Waals surface area contributed by atoms with Crippen molar-refractivity contribution in [2.75, 3.05) is 0 Å². The summed E-state index contributed by atoms with van der Waals surface area (Å²) in [7, 11) is 1.93. The largest absolute Gasteiger partial charge is 0.392 e. The van der Waals surface area contributed by atoms with E-state index in [0.29, 0.717) is 0 Å². The lowest BCUT2D eigenvalue weighted by Gasteiger charge is -2.04. The fraction of sp³-hybridized carbons (Fsp3) is 0.357. The van der Waals surface area contributed by atoms with E-state index in [-0.39, 0.29) is 6.61 Å². The molecule has 1 N–H and O–H groups in total. The molecule has 0 amide bonds. The minimum Gasteiger partial charge on any atom is -0.392 e. The van der Waals surface area contributed by atoms with Gasteiger partial charge in [0, 0.05) is 17.7 Å². The number of aliphatic hydroxyl groups excluding tert-OH is 1. The van der Waals surface area contributed by atoms with Crippen LogP contribution < -0.4 is 0 Å². The van der Waals surface area contributed by atoms with Crippen molar-refractivity contribution in [3.63, 3.8) is 0 Å². The van der Waals surface area contributed by atoms with Crippen molar-refractivity contribution in [1.82, 2.24) is 9.78 Å². The van der Waals surface area contributed by atoms with Gasteiger partial charge in [0.25, 0.3) is 0 Å². The molecule has 0 aliphatic heterocycles. The lowest BCUT2D eigenvalue weighted by Crippen LogP contribution is -1.96. The number of aryl methyl sites for hydroxylation is 2. The molecule has 0 bridgehead atoms. The number of thioether (sulfide) groups is 1. The number of nitrogens with zero attached hydrogens (tertiary/aromatic N) is 2. The summed E-state index contributed by atoms with van der Waals surface area (Å²) in [6.45, 7) is 2.14. The molecule has 2 aromatic rings. The number of aliphatic hydroxyl groups is 1. The molecule has 3 nitrogen and oxygen atoms in total. The van der Waals surface area contributed by atoms with E-state index >= 15 is 0 Å². The van der Waals surface area contributed by atoms with Crippen LogP contribution in [0.2, 0.25) is 5.02 Å². The van der Waals surface area contributed by atoms with Crippen molar-refractivity contribution < 1.29 is 5.11 Å². The summed E-state index contributed by atoms with van der Waals surface area (Å²) >= 11 is 8.03. The zero-order chi connectivity index (χ0) is 13.8. The summed E-state index contributed by atoms with van der Waals surface area (Å²) in [5.41, 5.74) is 2.93. The van der Waals surface area contributed by atoms with Gasteiger partial charge in [-0.3, -0.25) is 4.68 Å². The van der Waals surface area contributed by atoms with Crippen LogP contribution in [0.5, 0.6) is 0 Å². The molecule has 0 spiro atoms. The van der Waals surface area contributed by atoms with Gasteiger partial charge in [0.1, 0.15) is 0 Å². The smallest absolute Gasteiger partial charge is 0.0858 e. The van der Waals surface area contributed by atoms with Gasteiger partial charge in [0.2, 0.25) is 0 Å². The number of halogens is 1. The normalized spacial score (nSPS) is 10.9. The van der Waals surface area contributed by atoms with E-state index in [1.807, 2.05) is 36.0 Å². The van der Waals surface area contributed by atoms with Gasteiger partial charge in [-0.15, -0.1) is 11.8 Å². The van der Waals surface area contributed by atoms with E-state index in [9.17, 15) is 0 Å². The van der Waals surface area contributed by atoms with Crippen molar-refractivity contribution in [2.45, 2.75) is 30.6 Å². The Hall–Kier alpha value is -0.970. The fourth-order valence-electron chi connectivity index (χ4n) is 1.82. The van der Waals surface area contributed by atoms with Gasteiger partial charge in [-0.1, -0.05) is 30.7 Å². The van der Waals surface area contributed by atoms with E-state index in [1.165, 1.54) is 0 Å². The number of hydrogen-bond acceptors (Lipinski definition) is 3. The highest BCUT2D eigenvalue weighted by molar-refractivity contribution is 7.98. The topological polar surface area (TPSA) is 38.0 Å². The Morgan fingerprint density at radius 1 is 1.32 bits per heavy atom. The predicted molar refractivity (Wildman–Crippen MR) is 79.5 cm³/mol. The van der Waals surface area contributed by atoms with Crippen molar-refractivity contribution in [2.24, 2.45) is 7.05 Å². The highest BCUT2D eigenvalue weighted by Crippen LogP contribution is 2.28. The van der Waals surface area contributed by atoms with Crippen molar-refractivity contribution in [3.05, 3.63) is 46.2 Å². The SMILES string of the molecule is CCc1nn(C)c(CSc2ccc(CO)cc2)c1Cl. The summed E-state index contributed by atoms with van der Waals surface area (Å²) in [6, 6.07) is 7.90. The van der Waals surface area contributed by atoms with Gasteiger partial charge in [-0.25, -0.2) is 0 Å². The van der Waals surface area contributed by atoms with Crippen molar-refractivity contribution in [1.29, 1.82) is 0 Å². The standard InChI is InChI=1S/C14H17ClN2OS/c1-3-12-14(15)13(17(2)16-12)9-19-11-6-4-10(8-18)5-7-11/h4-7,18H,3,8-9H2,1-2H3. The van der Waals surface area contributed by atoms with Gasteiger partial charge in [0.05, 0.1) is 23.0 Å². The summed E-state index contributed by atoms with van der Waals surface area (Å²) in [6.07, 6.45) is 0.850. The van der Waals surface area contributed by atoms with Crippen LogP contribution in [0, 0.1) is 0 Å². The minimum atomic E-state index is 0.0817. The Bertz CT molecular complexity index is 551. The first-order chi connectivity index (χ1) is 9.15. The second-order valence-electron chi connectivity index (χ2n) is 4.28. The van der Waals surface area contributed by atoms with E-state index in [1.54, 1.807) is 11.8 Å². The van der Waals surface area contributed by atoms with Gasteiger partial charge >= 0.3 is 0 Å². The average Bonchev–Trinajstić information content (AvgIpc) is 2.72. The summed E-state index contributed by atoms with van der Waals surface area (Å²) in [4.78, 5) is 1.16. The molecule has 2 rings (SSSR count). The average molecular weight is 297 g/mol. The van der Waals surface area contributed by atoms with Gasteiger partial charge < -0.3 is 5.11 Å². The van der Waals surface area contributed by atoms with E-state index in [4.69, 9.17) is 16.7 Å². The maximum absolute atomic E-state index is 9.00. The number of benzene rings is 1. The molecule has 0 aliphatic carbocycles. The first-order valence-corrected chi connectivity index (χ1v) is 7.55. The van der Waals surface area contributed by atoms with Crippen molar-refractivity contribution in [3.8, 4) is 0 Å². The molecule has 0 saturated carbocycles. The van der Waals surface area contributed by atoms with Gasteiger partial charge in [-0.2, -0.15) is 5.10 Å². The van der Waals surface area contributed by atoms with Gasteiger partial charge in [0.15, 0.2) is 0 Å². The Morgan fingerprint density at radius 2 is 2.00 bits per heavy atom. The predicted octanol–water partition coefficient (Wildman–Crippen LogP) is 3.42. The Balaban J connectivity index is 2.07. The first kappa shape index (κ1) is 14.4. The Morgan fingerprint density at radius 3 is 2.53 bits per heavy atom. The summed E-state index contributed by atoms with van der Waals surface area (Å²) < 4.78 is 1.86. The van der Waals surface area contributed by atoms with Crippen LogP contribution in [0.3, 0.4) is 0 Å². The third-order valence-electron chi connectivity index (χ3n) is 2.98. The lowest BCUT2D eigenvalue weighted by atomic mass is 10.2. The van der Waals surface area contributed by atoms with Gasteiger partial charge in [-0.05, 0) is 24.1 Å². The molecule has 102 valence electrons. The highest BCUT2D eigenvalue weighted by Gasteiger charge is 2.12. The molecule has 0 radical (unpaired) electrons. The van der Waals surface area contributed by atoms with E-state index < -0.39 is 0 Å². The molecule has 0 fully saturated rings. The second kappa shape index (κ2) is 6.46. The third kappa shape index (κ3) is 3.32. The van der Waals surface area contributed by atoms with Crippen LogP contribution >= 0.6 is 23.4 Å². The van der Waals surface area contributed by atoms with Crippen LogP contribution in [-0.2, 0) is 25.8 Å². The molecule has 0 saturated heterocycles. The lowest BCUT2D eigenvalue weighted by molar-refractivity contribution is 0.282. The minimum absolute atomic E-state index is 0.0817. The molecule has 5 heteroatoms. The Kier molecular flexibility index (Phi) is 4.91. The van der Waals surface area contributed by atoms with E-state index in [0.717, 1.165) is 39.0 Å². The van der Waals surface area contributed by atoms with Crippen LogP contribution in [0.4, 0.5) is 0 Å². The monoisotopic (exact) mass is 296 g/mol. The molecule has 0 unspecified atom stereocenters. The van der Waals surface area contributed by atoms with Crippen LogP contribution in [0.1, 0.15) is 23.9 Å². The zero-order valence-electron chi connectivity index (χ0n) is 11.1. The van der Waals surface area contributed by atoms with E-state index in [2.05, 4.69) is 12.0 Å². The number of hydrogen-bond donors (Lipinski definition) is 1. The van der Waals surface area contributed by atoms with Crippen LogP contribution in [0.15, 0.2) is 29.2 Å². The molecule has 0 atom stereocenters. The quantitative estimate of drug-likeness (QED) is 0.859. The maximum Gasteiger partial charge on any atom is 0.0858 e. The Labute approximate surface area is 122 Å². The first-order valence-electron chi connectivity index (χ1n) is 6.18. The molecule has 19 heavy (non-hydrogen) atoms. The van der Waals surface area contributed by atoms with Crippen LogP contribution in [0.25, 0.3) is 0 Å². The number of aromatic nitrogens is 2. The molecule has 1 aromatic heterocycles. The second-order valence-corrected chi connectivity index (χ2v) is 5.70. The molecule has 1 heterocycles. The summed E-state index contributed by atoms with van der Waals surface area (Å²) in [5.74, 6) is 0.792. The zero-order valence-corrected chi connectivity index (χ0v) is 12.6. The number of rotatable bonds is 5. The van der Waals surface area contributed by atoms with Crippen molar-refractivity contribution >= 4 is 23.4 Å². The molecular weight excluding hydrogens is 280 g/mol. The summed E-state index contributed by atoms with van der Waals surface area (Å²) in [5, 5.41) is 14.2. The van der Waals surface area contributed by atoms with Crippen LogP contribution in [-0.4, -0.2) is 14.9 Å².